The average Bonchev–Trinajstić information content (AvgIpc) is 2.04. The second kappa shape index (κ2) is 3.54. The van der Waals surface area contributed by atoms with Crippen LogP contribution < -0.4 is 4.84 Å². The first-order valence-electron chi connectivity index (χ1n) is 3.14. The Kier molecular flexibility index (Phi) is 2.42. The lowest BCUT2D eigenvalue weighted by molar-refractivity contribution is 0.337. The van der Waals surface area contributed by atoms with Gasteiger partial charge in [0.2, 0.25) is 0 Å². The molecule has 0 bridgehead atoms. The molecule has 0 spiro atoms. The molecule has 0 fully saturated rings. The van der Waals surface area contributed by atoms with Crippen LogP contribution in [0.1, 0.15) is 5.56 Å². The number of nitrogens with zero attached hydrogens (tertiary/aromatic N) is 1. The summed E-state index contributed by atoms with van der Waals surface area (Å²) in [7, 11) is 0. The van der Waals surface area contributed by atoms with Crippen LogP contribution >= 0.6 is 0 Å². The van der Waals surface area contributed by atoms with Gasteiger partial charge in [0.05, 0.1) is 0 Å². The second-order valence-electron chi connectivity index (χ2n) is 2.09. The van der Waals surface area contributed by atoms with E-state index in [2.05, 4.69) is 9.99 Å². The molecule has 56 valence electrons. The van der Waals surface area contributed by atoms with Crippen LogP contribution in [0.5, 0.6) is 5.75 Å². The summed E-state index contributed by atoms with van der Waals surface area (Å²) in [5.74, 6) is 0.541. The van der Waals surface area contributed by atoms with Gasteiger partial charge in [-0.25, -0.2) is 4.79 Å². The first-order valence-corrected chi connectivity index (χ1v) is 3.14. The van der Waals surface area contributed by atoms with Crippen molar-refractivity contribution < 1.29 is 9.63 Å². The largest absolute Gasteiger partial charge is 0.346 e. The van der Waals surface area contributed by atoms with Gasteiger partial charge in [-0.3, -0.25) is 0 Å². The summed E-state index contributed by atoms with van der Waals surface area (Å²) in [5.41, 5.74) is 1.13. The Morgan fingerprint density at radius 1 is 1.36 bits per heavy atom. The summed E-state index contributed by atoms with van der Waals surface area (Å²) in [6.07, 6.45) is 1.28. The van der Waals surface area contributed by atoms with Crippen molar-refractivity contribution in [3.63, 3.8) is 0 Å². The number of hydrogen-bond acceptors (Lipinski definition) is 3. The van der Waals surface area contributed by atoms with Gasteiger partial charge in [0.15, 0.2) is 5.75 Å². The molecule has 0 heterocycles. The molecule has 0 amide bonds. The molecule has 0 aliphatic carbocycles. The SMILES string of the molecule is Cc1ccc(ON=C=O)cc1. The molecule has 0 aliphatic rings. The zero-order chi connectivity index (χ0) is 8.10. The number of aryl methyl sites for hydroxylation is 1. The molecular weight excluding hydrogens is 142 g/mol. The Balaban J connectivity index is 2.73. The number of rotatable bonds is 2. The third-order valence-electron chi connectivity index (χ3n) is 1.21. The monoisotopic (exact) mass is 149 g/mol. The molecule has 1 aromatic carbocycles. The Bertz CT molecular complexity index is 273. The van der Waals surface area contributed by atoms with Crippen molar-refractivity contribution >= 4 is 6.08 Å². The van der Waals surface area contributed by atoms with Gasteiger partial charge >= 0.3 is 0 Å². The first-order chi connectivity index (χ1) is 5.33. The van der Waals surface area contributed by atoms with E-state index in [0.29, 0.717) is 5.75 Å². The highest BCUT2D eigenvalue weighted by Crippen LogP contribution is 2.10. The van der Waals surface area contributed by atoms with Gasteiger partial charge in [-0.05, 0) is 19.1 Å². The summed E-state index contributed by atoms with van der Waals surface area (Å²) in [6, 6.07) is 7.21. The average molecular weight is 149 g/mol. The van der Waals surface area contributed by atoms with Crippen molar-refractivity contribution in [2.75, 3.05) is 0 Å². The summed E-state index contributed by atoms with van der Waals surface area (Å²) >= 11 is 0. The van der Waals surface area contributed by atoms with Gasteiger partial charge in [-0.1, -0.05) is 17.7 Å². The first kappa shape index (κ1) is 7.51. The van der Waals surface area contributed by atoms with Gasteiger partial charge < -0.3 is 4.84 Å². The predicted octanol–water partition coefficient (Wildman–Crippen LogP) is 1.62. The van der Waals surface area contributed by atoms with Crippen LogP contribution in [-0.2, 0) is 4.79 Å². The maximum atomic E-state index is 9.63. The summed E-state index contributed by atoms with van der Waals surface area (Å²) < 4.78 is 0. The highest BCUT2D eigenvalue weighted by atomic mass is 16.6. The van der Waals surface area contributed by atoms with Crippen molar-refractivity contribution in [3.05, 3.63) is 29.8 Å². The molecule has 0 radical (unpaired) electrons. The Morgan fingerprint density at radius 3 is 2.55 bits per heavy atom. The maximum Gasteiger partial charge on any atom is 0.277 e. The van der Waals surface area contributed by atoms with E-state index in [1.54, 1.807) is 12.1 Å². The molecule has 0 saturated heterocycles. The van der Waals surface area contributed by atoms with Crippen LogP contribution in [-0.4, -0.2) is 6.08 Å². The molecule has 0 atom stereocenters. The molecule has 0 saturated carbocycles. The highest BCUT2D eigenvalue weighted by Gasteiger charge is 1.89. The van der Waals surface area contributed by atoms with Crippen LogP contribution in [0.25, 0.3) is 0 Å². The van der Waals surface area contributed by atoms with E-state index < -0.39 is 0 Å². The van der Waals surface area contributed by atoms with Gasteiger partial charge in [0.1, 0.15) is 0 Å². The topological polar surface area (TPSA) is 38.7 Å². The lowest BCUT2D eigenvalue weighted by Crippen LogP contribution is -1.80. The zero-order valence-electron chi connectivity index (χ0n) is 6.07. The van der Waals surface area contributed by atoms with Crippen molar-refractivity contribution in [3.8, 4) is 5.75 Å². The van der Waals surface area contributed by atoms with E-state index in [4.69, 9.17) is 0 Å². The molecule has 11 heavy (non-hydrogen) atoms. The third-order valence-corrected chi connectivity index (χ3v) is 1.21. The molecule has 1 rings (SSSR count). The Labute approximate surface area is 64.3 Å². The number of benzene rings is 1. The minimum atomic E-state index is 0.541. The molecule has 1 aromatic rings. The van der Waals surface area contributed by atoms with E-state index in [0.717, 1.165) is 5.56 Å². The standard InChI is InChI=1S/C8H7NO2/c1-7-2-4-8(5-3-7)11-9-6-10/h2-5H,1H3. The maximum absolute atomic E-state index is 9.63. The Morgan fingerprint density at radius 2 is 2.00 bits per heavy atom. The molecule has 0 aliphatic heterocycles. The minimum Gasteiger partial charge on any atom is -0.346 e. The van der Waals surface area contributed by atoms with Crippen molar-refractivity contribution in [1.29, 1.82) is 0 Å². The minimum absolute atomic E-state index is 0.541. The van der Waals surface area contributed by atoms with Gasteiger partial charge in [-0.15, -0.1) is 0 Å². The molecule has 3 heteroatoms. The van der Waals surface area contributed by atoms with E-state index in [1.165, 1.54) is 6.08 Å². The van der Waals surface area contributed by atoms with Gasteiger partial charge in [0, 0.05) is 5.16 Å². The molecule has 0 aromatic heterocycles. The van der Waals surface area contributed by atoms with Crippen molar-refractivity contribution in [2.45, 2.75) is 6.92 Å². The highest BCUT2D eigenvalue weighted by molar-refractivity contribution is 5.33. The quantitative estimate of drug-likeness (QED) is 0.364. The van der Waals surface area contributed by atoms with Gasteiger partial charge in [-0.2, -0.15) is 0 Å². The van der Waals surface area contributed by atoms with E-state index in [-0.39, 0.29) is 0 Å². The van der Waals surface area contributed by atoms with Crippen LogP contribution in [0.4, 0.5) is 0 Å². The fraction of sp³-hybridized carbons (Fsp3) is 0.125. The summed E-state index contributed by atoms with van der Waals surface area (Å²) in [6.45, 7) is 1.97. The lowest BCUT2D eigenvalue weighted by Gasteiger charge is -1.94. The van der Waals surface area contributed by atoms with Crippen LogP contribution in [0.15, 0.2) is 29.4 Å². The zero-order valence-corrected chi connectivity index (χ0v) is 6.07. The summed E-state index contributed by atoms with van der Waals surface area (Å²) in [5, 5.41) is 2.97. The van der Waals surface area contributed by atoms with Crippen LogP contribution in [0, 0.1) is 6.92 Å². The number of hydrogen-bond donors (Lipinski definition) is 0. The normalized spacial score (nSPS) is 8.45. The molecule has 3 nitrogen and oxygen atoms in total. The molecular formula is C8H7NO2. The molecule has 0 N–H and O–H groups in total. The summed E-state index contributed by atoms with van der Waals surface area (Å²) in [4.78, 5) is 14.2. The predicted molar refractivity (Wildman–Crippen MR) is 39.9 cm³/mol. The van der Waals surface area contributed by atoms with Crippen molar-refractivity contribution in [2.24, 2.45) is 5.16 Å². The lowest BCUT2D eigenvalue weighted by atomic mass is 10.2. The fourth-order valence-electron chi connectivity index (χ4n) is 0.670. The van der Waals surface area contributed by atoms with Crippen LogP contribution in [0.3, 0.4) is 0 Å². The van der Waals surface area contributed by atoms with E-state index in [1.807, 2.05) is 19.1 Å². The number of carbonyl (C=O) groups excluding carboxylic acids is 1. The molecule has 0 unspecified atom stereocenters. The van der Waals surface area contributed by atoms with Crippen molar-refractivity contribution in [1.82, 2.24) is 0 Å². The second-order valence-corrected chi connectivity index (χ2v) is 2.09. The van der Waals surface area contributed by atoms with E-state index >= 15 is 0 Å². The van der Waals surface area contributed by atoms with Gasteiger partial charge in [0.25, 0.3) is 6.08 Å². The number of isocyanates is 1. The van der Waals surface area contributed by atoms with Crippen LogP contribution in [0.2, 0.25) is 0 Å². The smallest absolute Gasteiger partial charge is 0.277 e. The van der Waals surface area contributed by atoms with E-state index in [9.17, 15) is 4.79 Å². The Hall–Kier alpha value is -1.60. The fourth-order valence-corrected chi connectivity index (χ4v) is 0.670. The third kappa shape index (κ3) is 2.24.